The van der Waals surface area contributed by atoms with Crippen molar-refractivity contribution in [2.24, 2.45) is 0 Å². The number of aromatic carboxylic acids is 2. The fraction of sp³-hybridized carbons (Fsp3) is 0.100. The fourth-order valence-electron chi connectivity index (χ4n) is 2.68. The number of rotatable bonds is 6. The molecule has 8 nitrogen and oxygen atoms in total. The Morgan fingerprint density at radius 3 is 1.32 bits per heavy atom. The first-order chi connectivity index (χ1) is 13.3. The number of carboxylic acids is 2. The molecule has 28 heavy (non-hydrogen) atoms. The fourth-order valence-corrected chi connectivity index (χ4v) is 2.68. The topological polar surface area (TPSA) is 133 Å². The molecule has 0 saturated heterocycles. The van der Waals surface area contributed by atoms with Crippen LogP contribution in [0.2, 0.25) is 0 Å². The van der Waals surface area contributed by atoms with Gasteiger partial charge in [-0.15, -0.1) is 12.8 Å². The molecular weight excluding hydrogens is 364 g/mol. The van der Waals surface area contributed by atoms with Crippen molar-refractivity contribution in [1.29, 1.82) is 0 Å². The minimum absolute atomic E-state index is 0.119. The summed E-state index contributed by atoms with van der Waals surface area (Å²) < 4.78 is 0. The highest BCUT2D eigenvalue weighted by atomic mass is 16.4. The molecule has 0 aliphatic heterocycles. The van der Waals surface area contributed by atoms with Crippen molar-refractivity contribution in [2.75, 3.05) is 13.1 Å². The molecule has 4 N–H and O–H groups in total. The summed E-state index contributed by atoms with van der Waals surface area (Å²) in [5, 5.41) is 23.5. The number of carbonyl (C=O) groups is 4. The zero-order valence-corrected chi connectivity index (χ0v) is 14.4. The predicted molar refractivity (Wildman–Crippen MR) is 100 cm³/mol. The molecule has 0 radical (unpaired) electrons. The third-order valence-corrected chi connectivity index (χ3v) is 3.81. The summed E-state index contributed by atoms with van der Waals surface area (Å²) in [5.74, 6) is 0.223. The molecule has 2 aromatic carbocycles. The largest absolute Gasteiger partial charge is 0.478 e. The quantitative estimate of drug-likeness (QED) is 0.554. The van der Waals surface area contributed by atoms with Crippen molar-refractivity contribution in [3.05, 3.63) is 46.5 Å². The summed E-state index contributed by atoms with van der Waals surface area (Å²) >= 11 is 0. The molecule has 2 amide bonds. The van der Waals surface area contributed by atoms with Gasteiger partial charge >= 0.3 is 11.9 Å². The number of carbonyl (C=O) groups excluding carboxylic acids is 2. The van der Waals surface area contributed by atoms with Crippen LogP contribution in [-0.4, -0.2) is 47.1 Å². The molecule has 0 bridgehead atoms. The summed E-state index contributed by atoms with van der Waals surface area (Å²) in [6.07, 6.45) is 10.2. The van der Waals surface area contributed by atoms with Gasteiger partial charge in [0.15, 0.2) is 0 Å². The van der Waals surface area contributed by atoms with E-state index in [1.807, 2.05) is 0 Å². The summed E-state index contributed by atoms with van der Waals surface area (Å²) in [4.78, 5) is 48.3. The van der Waals surface area contributed by atoms with Gasteiger partial charge in [-0.25, -0.2) is 9.59 Å². The molecule has 2 rings (SSSR count). The highest BCUT2D eigenvalue weighted by Gasteiger charge is 2.25. The molecule has 0 aromatic heterocycles. The summed E-state index contributed by atoms with van der Waals surface area (Å²) in [5.41, 5.74) is -0.923. The summed E-state index contributed by atoms with van der Waals surface area (Å²) in [7, 11) is 0. The van der Waals surface area contributed by atoms with Gasteiger partial charge in [0.1, 0.15) is 0 Å². The lowest BCUT2D eigenvalue weighted by molar-refractivity contribution is 0.0684. The molecule has 0 atom stereocenters. The SMILES string of the molecule is C#CCNC(=O)c1ccc(C(=O)NCC#C)c2c(C(=O)O)ccc(C(=O)O)c12. The van der Waals surface area contributed by atoms with E-state index in [0.717, 1.165) is 12.1 Å². The number of fused-ring (bicyclic) bond motifs is 1. The second kappa shape index (κ2) is 8.39. The van der Waals surface area contributed by atoms with E-state index in [-0.39, 0.29) is 46.1 Å². The molecule has 0 heterocycles. The van der Waals surface area contributed by atoms with Gasteiger partial charge < -0.3 is 20.8 Å². The highest BCUT2D eigenvalue weighted by Crippen LogP contribution is 2.30. The lowest BCUT2D eigenvalue weighted by Crippen LogP contribution is -2.27. The van der Waals surface area contributed by atoms with E-state index in [2.05, 4.69) is 22.5 Å². The molecule has 0 fully saturated rings. The predicted octanol–water partition coefficient (Wildman–Crippen LogP) is 0.962. The van der Waals surface area contributed by atoms with Gasteiger partial charge in [0, 0.05) is 21.9 Å². The van der Waals surface area contributed by atoms with Gasteiger partial charge in [0.25, 0.3) is 11.8 Å². The van der Waals surface area contributed by atoms with Crippen molar-refractivity contribution in [2.45, 2.75) is 0 Å². The van der Waals surface area contributed by atoms with Crippen LogP contribution in [0.3, 0.4) is 0 Å². The summed E-state index contributed by atoms with van der Waals surface area (Å²) in [6, 6.07) is 4.60. The van der Waals surface area contributed by atoms with E-state index >= 15 is 0 Å². The third kappa shape index (κ3) is 3.76. The smallest absolute Gasteiger partial charge is 0.336 e. The number of amides is 2. The first-order valence-corrected chi connectivity index (χ1v) is 7.83. The van der Waals surface area contributed by atoms with Crippen molar-refractivity contribution < 1.29 is 29.4 Å². The number of terminal acetylenes is 2. The first-order valence-electron chi connectivity index (χ1n) is 7.83. The van der Waals surface area contributed by atoms with Gasteiger partial charge in [-0.3, -0.25) is 9.59 Å². The molecule has 0 aliphatic carbocycles. The number of hydrogen-bond donors (Lipinski definition) is 4. The van der Waals surface area contributed by atoms with Crippen molar-refractivity contribution in [3.8, 4) is 24.7 Å². The standard InChI is InChI=1S/C20H14N2O6/c1-3-9-21-17(23)11-5-6-12(18(24)22-10-4-2)16-14(20(27)28)8-7-13(15(11)16)19(25)26/h1-2,5-8H,9-10H2,(H,21,23)(H,22,24)(H,25,26)(H,27,28). The Kier molecular flexibility index (Phi) is 6.00. The maximum Gasteiger partial charge on any atom is 0.336 e. The van der Waals surface area contributed by atoms with Gasteiger partial charge in [0.2, 0.25) is 0 Å². The van der Waals surface area contributed by atoms with Gasteiger partial charge in [-0.05, 0) is 24.3 Å². The highest BCUT2D eigenvalue weighted by molar-refractivity contribution is 6.23. The minimum Gasteiger partial charge on any atom is -0.478 e. The van der Waals surface area contributed by atoms with E-state index in [9.17, 15) is 29.4 Å². The van der Waals surface area contributed by atoms with Crippen molar-refractivity contribution in [3.63, 3.8) is 0 Å². The Morgan fingerprint density at radius 2 is 1.04 bits per heavy atom. The van der Waals surface area contributed by atoms with Crippen LogP contribution in [0, 0.1) is 24.7 Å². The number of hydrogen-bond acceptors (Lipinski definition) is 4. The van der Waals surface area contributed by atoms with Crippen LogP contribution < -0.4 is 10.6 Å². The zero-order valence-electron chi connectivity index (χ0n) is 14.4. The molecule has 0 aliphatic rings. The first kappa shape index (κ1) is 20.0. The molecule has 140 valence electrons. The lowest BCUT2D eigenvalue weighted by atomic mass is 9.91. The van der Waals surface area contributed by atoms with E-state index < -0.39 is 23.8 Å². The van der Waals surface area contributed by atoms with Gasteiger partial charge in [-0.1, -0.05) is 11.8 Å². The maximum absolute atomic E-state index is 12.5. The molecule has 0 unspecified atom stereocenters. The average Bonchev–Trinajstić information content (AvgIpc) is 2.67. The van der Waals surface area contributed by atoms with Gasteiger partial charge in [-0.2, -0.15) is 0 Å². The van der Waals surface area contributed by atoms with Crippen LogP contribution in [0.5, 0.6) is 0 Å². The van der Waals surface area contributed by atoms with Crippen molar-refractivity contribution >= 4 is 34.5 Å². The van der Waals surface area contributed by atoms with Crippen LogP contribution in [0.15, 0.2) is 24.3 Å². The number of carboxylic acid groups (broad SMARTS) is 2. The van der Waals surface area contributed by atoms with Crippen LogP contribution >= 0.6 is 0 Å². The Bertz CT molecular complexity index is 1000. The van der Waals surface area contributed by atoms with E-state index in [0.29, 0.717) is 0 Å². The third-order valence-electron chi connectivity index (χ3n) is 3.81. The van der Waals surface area contributed by atoms with E-state index in [4.69, 9.17) is 12.8 Å². The lowest BCUT2D eigenvalue weighted by Gasteiger charge is -2.15. The Hall–Kier alpha value is -4.30. The minimum atomic E-state index is -1.39. The van der Waals surface area contributed by atoms with Crippen LogP contribution in [0.25, 0.3) is 10.8 Å². The van der Waals surface area contributed by atoms with E-state index in [1.54, 1.807) is 0 Å². The number of nitrogens with one attached hydrogen (secondary N) is 2. The monoisotopic (exact) mass is 378 g/mol. The second-order valence-corrected chi connectivity index (χ2v) is 5.46. The van der Waals surface area contributed by atoms with Gasteiger partial charge in [0.05, 0.1) is 24.2 Å². The average molecular weight is 378 g/mol. The summed E-state index contributed by atoms with van der Waals surface area (Å²) in [6.45, 7) is -0.239. The molecule has 0 saturated carbocycles. The Balaban J connectivity index is 2.93. The number of benzene rings is 2. The van der Waals surface area contributed by atoms with E-state index in [1.165, 1.54) is 12.1 Å². The molecule has 2 aromatic rings. The molecular formula is C20H14N2O6. The molecule has 0 spiro atoms. The molecule has 8 heteroatoms. The van der Waals surface area contributed by atoms with Crippen LogP contribution in [0.4, 0.5) is 0 Å². The normalized spacial score (nSPS) is 9.79. The van der Waals surface area contributed by atoms with Crippen molar-refractivity contribution in [1.82, 2.24) is 10.6 Å². The Labute approximate surface area is 159 Å². The zero-order chi connectivity index (χ0) is 20.8. The second-order valence-electron chi connectivity index (χ2n) is 5.46. The maximum atomic E-state index is 12.5. The van der Waals surface area contributed by atoms with Crippen LogP contribution in [-0.2, 0) is 0 Å². The Morgan fingerprint density at radius 1 is 0.714 bits per heavy atom. The van der Waals surface area contributed by atoms with Crippen LogP contribution in [0.1, 0.15) is 41.4 Å².